The zero-order valence-electron chi connectivity index (χ0n) is 21.8. The van der Waals surface area contributed by atoms with Crippen LogP contribution >= 0.6 is 0 Å². The molecule has 0 aromatic heterocycles. The number of halogens is 1. The van der Waals surface area contributed by atoms with Gasteiger partial charge in [0.1, 0.15) is 5.82 Å². The van der Waals surface area contributed by atoms with E-state index >= 15 is 0 Å². The zero-order valence-corrected chi connectivity index (χ0v) is 22.6. The summed E-state index contributed by atoms with van der Waals surface area (Å²) in [6.07, 6.45) is 2.30. The van der Waals surface area contributed by atoms with Crippen molar-refractivity contribution in [2.24, 2.45) is 28.5 Å². The average molecular weight is 543 g/mol. The van der Waals surface area contributed by atoms with E-state index < -0.39 is 34.5 Å². The van der Waals surface area contributed by atoms with Gasteiger partial charge in [-0.15, -0.1) is 0 Å². The summed E-state index contributed by atoms with van der Waals surface area (Å²) < 4.78 is 28.6. The van der Waals surface area contributed by atoms with E-state index in [9.17, 15) is 18.2 Å². The summed E-state index contributed by atoms with van der Waals surface area (Å²) in [7, 11) is 0.605. The molecule has 5 rings (SSSR count). The van der Waals surface area contributed by atoms with Crippen molar-refractivity contribution < 1.29 is 18.2 Å². The van der Waals surface area contributed by atoms with Gasteiger partial charge in [0.15, 0.2) is 11.6 Å². The Labute approximate surface area is 224 Å². The largest absolute Gasteiger partial charge is 0.382 e. The maximum absolute atomic E-state index is 15.0. The SMILES string of the molecule is C=C1N=C/C(F)=C(\C)NC2C3CC(CC3S(=O)CC(=O)c3cc(ccc3N3CCN(C)CC3)N1)C2C(N)=O. The minimum Gasteiger partial charge on any atom is -0.382 e. The quantitative estimate of drug-likeness (QED) is 0.523. The number of nitrogens with two attached hydrogens (primary N) is 1. The number of aliphatic imine (C=N–C) groups is 1. The summed E-state index contributed by atoms with van der Waals surface area (Å²) in [5, 5.41) is 5.89. The number of hydrogen-bond acceptors (Lipinski definition) is 8. The molecule has 1 saturated heterocycles. The average Bonchev–Trinajstić information content (AvgIpc) is 3.46. The number of Topliss-reactive ketones (excluding diaryl/α,β-unsaturated/α-hetero) is 1. The standard InChI is InChI=1S/C27H35FN6O3S/c1-15-21(28)13-30-16(2)32-18-4-5-22(34-8-6-33(3)7-9-34)19(12-18)23(35)14-38(37)24-11-17-10-20(24)26(31-15)25(17)27(29)36/h4-5,12-13,17,20,24-26,31-32H,2,6-11,14H2,1,3H3,(H2,29,36)/b21-15-,30-13?. The Balaban J connectivity index is 1.52. The molecule has 2 aliphatic carbocycles. The molecule has 204 valence electrons. The van der Waals surface area contributed by atoms with Crippen LogP contribution in [0.3, 0.4) is 0 Å². The molecule has 0 spiro atoms. The van der Waals surface area contributed by atoms with E-state index in [4.69, 9.17) is 5.73 Å². The number of allylic oxidation sites excluding steroid dienone is 2. The number of fused-ring (bicyclic) bond motifs is 3. The molecule has 11 heteroatoms. The van der Waals surface area contributed by atoms with Crippen LogP contribution < -0.4 is 21.3 Å². The Morgan fingerprint density at radius 2 is 1.97 bits per heavy atom. The molecule has 1 amide bonds. The second-order valence-corrected chi connectivity index (χ2v) is 12.5. The van der Waals surface area contributed by atoms with E-state index in [0.29, 0.717) is 24.1 Å². The molecule has 38 heavy (non-hydrogen) atoms. The molecule has 1 aromatic rings. The van der Waals surface area contributed by atoms with E-state index in [1.54, 1.807) is 13.0 Å². The Morgan fingerprint density at radius 1 is 1.24 bits per heavy atom. The highest BCUT2D eigenvalue weighted by Gasteiger charge is 2.56. The number of primary amides is 1. The minimum atomic E-state index is -1.46. The number of likely N-dealkylation sites (N-methyl/N-ethyl adjacent to an activating group) is 1. The molecular weight excluding hydrogens is 507 g/mol. The molecule has 6 unspecified atom stereocenters. The number of piperazine rings is 1. The van der Waals surface area contributed by atoms with Gasteiger partial charge in [0.2, 0.25) is 5.91 Å². The van der Waals surface area contributed by atoms with E-state index in [0.717, 1.165) is 38.1 Å². The van der Waals surface area contributed by atoms with E-state index in [1.807, 2.05) is 12.1 Å². The second-order valence-electron chi connectivity index (χ2n) is 10.8. The first-order valence-electron chi connectivity index (χ1n) is 13.0. The molecule has 9 nitrogen and oxygen atoms in total. The number of nitrogens with zero attached hydrogens (tertiary/aromatic N) is 3. The lowest BCUT2D eigenvalue weighted by Gasteiger charge is -2.36. The molecule has 6 atom stereocenters. The van der Waals surface area contributed by atoms with E-state index in [2.05, 4.69) is 39.1 Å². The Kier molecular flexibility index (Phi) is 7.41. The van der Waals surface area contributed by atoms with Gasteiger partial charge in [-0.05, 0) is 56.8 Å². The molecule has 4 N–H and O–H groups in total. The van der Waals surface area contributed by atoms with Crippen molar-refractivity contribution in [2.75, 3.05) is 49.2 Å². The van der Waals surface area contributed by atoms with Crippen LogP contribution in [0.15, 0.2) is 47.1 Å². The first kappa shape index (κ1) is 26.6. The third-order valence-electron chi connectivity index (χ3n) is 8.39. The van der Waals surface area contributed by atoms with Gasteiger partial charge in [-0.25, -0.2) is 9.38 Å². The first-order chi connectivity index (χ1) is 18.1. The fraction of sp³-hybridized carbons (Fsp3) is 0.519. The van der Waals surface area contributed by atoms with Crippen LogP contribution in [-0.2, 0) is 15.6 Å². The van der Waals surface area contributed by atoms with Crippen LogP contribution in [0.25, 0.3) is 0 Å². The van der Waals surface area contributed by atoms with E-state index in [1.165, 1.54) is 0 Å². The third-order valence-corrected chi connectivity index (χ3v) is 10.2. The summed E-state index contributed by atoms with van der Waals surface area (Å²) in [5.74, 6) is -1.84. The Morgan fingerprint density at radius 3 is 2.68 bits per heavy atom. The van der Waals surface area contributed by atoms with Gasteiger partial charge in [0, 0.05) is 70.9 Å². The number of amides is 1. The lowest BCUT2D eigenvalue weighted by Crippen LogP contribution is -2.50. The van der Waals surface area contributed by atoms with Gasteiger partial charge in [0.05, 0.1) is 17.9 Å². The summed E-state index contributed by atoms with van der Waals surface area (Å²) in [4.78, 5) is 34.5. The zero-order chi connectivity index (χ0) is 27.1. The number of carbonyl (C=O) groups excluding carboxylic acids is 2. The molecular formula is C27H35FN6O3S. The van der Waals surface area contributed by atoms with Gasteiger partial charge in [0.25, 0.3) is 0 Å². The lowest BCUT2D eigenvalue weighted by molar-refractivity contribution is -0.124. The molecule has 4 aliphatic rings. The molecule has 2 heterocycles. The fourth-order valence-electron chi connectivity index (χ4n) is 6.43. The Bertz CT molecular complexity index is 1240. The highest BCUT2D eigenvalue weighted by molar-refractivity contribution is 7.86. The van der Waals surface area contributed by atoms with Crippen molar-refractivity contribution in [3.63, 3.8) is 0 Å². The lowest BCUT2D eigenvalue weighted by atomic mass is 9.83. The maximum Gasteiger partial charge on any atom is 0.222 e. The highest BCUT2D eigenvalue weighted by atomic mass is 32.2. The number of nitrogens with one attached hydrogen (secondary N) is 2. The summed E-state index contributed by atoms with van der Waals surface area (Å²) in [6, 6.07) is 5.02. The summed E-state index contributed by atoms with van der Waals surface area (Å²) in [5.41, 5.74) is 7.85. The number of ketones is 1. The van der Waals surface area contributed by atoms with Crippen molar-refractivity contribution in [3.05, 3.63) is 47.7 Å². The predicted octanol–water partition coefficient (Wildman–Crippen LogP) is 2.01. The van der Waals surface area contributed by atoms with E-state index in [-0.39, 0.29) is 40.1 Å². The third kappa shape index (κ3) is 5.13. The molecule has 2 aliphatic heterocycles. The fourth-order valence-corrected chi connectivity index (χ4v) is 8.19. The van der Waals surface area contributed by atoms with Crippen molar-refractivity contribution in [3.8, 4) is 0 Å². The normalized spacial score (nSPS) is 34.2. The van der Waals surface area contributed by atoms with Gasteiger partial charge in [-0.3, -0.25) is 13.8 Å². The number of hydrogen-bond donors (Lipinski definition) is 3. The molecule has 2 saturated carbocycles. The molecule has 4 bridgehead atoms. The van der Waals surface area contributed by atoms with Crippen LogP contribution in [0.1, 0.15) is 30.1 Å². The van der Waals surface area contributed by atoms with Gasteiger partial charge in [-0.1, -0.05) is 6.58 Å². The van der Waals surface area contributed by atoms with Crippen LogP contribution in [0, 0.1) is 17.8 Å². The van der Waals surface area contributed by atoms with Crippen molar-refractivity contribution in [2.45, 2.75) is 31.1 Å². The summed E-state index contributed by atoms with van der Waals surface area (Å²) >= 11 is 0. The van der Waals surface area contributed by atoms with Gasteiger partial charge in [-0.2, -0.15) is 0 Å². The number of benzene rings is 1. The molecule has 0 radical (unpaired) electrons. The maximum atomic E-state index is 15.0. The minimum absolute atomic E-state index is 0.0457. The van der Waals surface area contributed by atoms with Crippen LogP contribution in [0.4, 0.5) is 15.8 Å². The first-order valence-corrected chi connectivity index (χ1v) is 14.4. The highest BCUT2D eigenvalue weighted by Crippen LogP contribution is 2.51. The van der Waals surface area contributed by atoms with Crippen molar-refractivity contribution >= 4 is 40.1 Å². The molecule has 1 aromatic carbocycles. The van der Waals surface area contributed by atoms with Crippen LogP contribution in [0.2, 0.25) is 0 Å². The number of anilines is 2. The molecule has 3 fully saturated rings. The second kappa shape index (κ2) is 10.6. The topological polar surface area (TPSA) is 120 Å². The van der Waals surface area contributed by atoms with Gasteiger partial charge < -0.3 is 26.2 Å². The number of rotatable bonds is 2. The number of carbonyl (C=O) groups is 2. The van der Waals surface area contributed by atoms with Crippen LogP contribution in [0.5, 0.6) is 0 Å². The smallest absolute Gasteiger partial charge is 0.222 e. The summed E-state index contributed by atoms with van der Waals surface area (Å²) in [6.45, 7) is 8.75. The van der Waals surface area contributed by atoms with Crippen molar-refractivity contribution in [1.82, 2.24) is 10.2 Å². The van der Waals surface area contributed by atoms with Crippen molar-refractivity contribution in [1.29, 1.82) is 0 Å². The predicted molar refractivity (Wildman–Crippen MR) is 148 cm³/mol. The monoisotopic (exact) mass is 542 g/mol. The Hall–Kier alpha value is -3.05. The van der Waals surface area contributed by atoms with Crippen LogP contribution in [-0.4, -0.2) is 77.3 Å². The van der Waals surface area contributed by atoms with Gasteiger partial charge >= 0.3 is 0 Å².